The van der Waals surface area contributed by atoms with Crippen molar-refractivity contribution in [3.63, 3.8) is 0 Å². The van der Waals surface area contributed by atoms with Crippen molar-refractivity contribution in [2.75, 3.05) is 19.5 Å². The molecule has 162 valence electrons. The van der Waals surface area contributed by atoms with Crippen LogP contribution in [-0.4, -0.2) is 20.1 Å². The van der Waals surface area contributed by atoms with Crippen LogP contribution in [0.2, 0.25) is 0 Å². The molecule has 1 amide bonds. The third-order valence-corrected chi connectivity index (χ3v) is 5.55. The van der Waals surface area contributed by atoms with Gasteiger partial charge in [0.2, 0.25) is 0 Å². The predicted molar refractivity (Wildman–Crippen MR) is 128 cm³/mol. The number of aryl methyl sites for hydroxylation is 1. The Bertz CT molecular complexity index is 1390. The number of halogens is 1. The SMILES string of the molecule is COc1ccc(-c2cc3ccccc3oc2=O)cc1NC(=O)c1cc(Br)cc(C)c1OC. The van der Waals surface area contributed by atoms with Gasteiger partial charge in [-0.15, -0.1) is 0 Å². The molecule has 4 aromatic rings. The summed E-state index contributed by atoms with van der Waals surface area (Å²) in [6, 6.07) is 17.8. The van der Waals surface area contributed by atoms with Crippen LogP contribution in [0.4, 0.5) is 5.69 Å². The van der Waals surface area contributed by atoms with Crippen LogP contribution < -0.4 is 20.4 Å². The highest BCUT2D eigenvalue weighted by atomic mass is 79.9. The quantitative estimate of drug-likeness (QED) is 0.355. The van der Waals surface area contributed by atoms with E-state index in [9.17, 15) is 9.59 Å². The molecule has 0 radical (unpaired) electrons. The maximum Gasteiger partial charge on any atom is 0.344 e. The van der Waals surface area contributed by atoms with Crippen molar-refractivity contribution in [2.24, 2.45) is 0 Å². The first-order valence-electron chi connectivity index (χ1n) is 9.78. The molecule has 1 heterocycles. The first-order chi connectivity index (χ1) is 15.4. The fourth-order valence-electron chi connectivity index (χ4n) is 3.60. The number of nitrogens with one attached hydrogen (secondary N) is 1. The second-order valence-corrected chi connectivity index (χ2v) is 8.07. The number of carbonyl (C=O) groups excluding carboxylic acids is 1. The summed E-state index contributed by atoms with van der Waals surface area (Å²) in [6.45, 7) is 1.86. The topological polar surface area (TPSA) is 77.8 Å². The lowest BCUT2D eigenvalue weighted by Gasteiger charge is -2.15. The van der Waals surface area contributed by atoms with E-state index >= 15 is 0 Å². The summed E-state index contributed by atoms with van der Waals surface area (Å²) in [6.07, 6.45) is 0. The smallest absolute Gasteiger partial charge is 0.344 e. The number of fused-ring (bicyclic) bond motifs is 1. The van der Waals surface area contributed by atoms with Crippen LogP contribution in [0.3, 0.4) is 0 Å². The average Bonchev–Trinajstić information content (AvgIpc) is 2.78. The number of methoxy groups -OCH3 is 2. The van der Waals surface area contributed by atoms with E-state index in [0.717, 1.165) is 15.4 Å². The summed E-state index contributed by atoms with van der Waals surface area (Å²) in [5, 5.41) is 3.68. The first-order valence-corrected chi connectivity index (χ1v) is 10.6. The average molecular weight is 494 g/mol. The summed E-state index contributed by atoms with van der Waals surface area (Å²) < 4.78 is 17.1. The predicted octanol–water partition coefficient (Wildman–Crippen LogP) is 5.80. The molecule has 1 aromatic heterocycles. The maximum atomic E-state index is 13.1. The van der Waals surface area contributed by atoms with Gasteiger partial charge in [-0.1, -0.05) is 40.2 Å². The molecule has 0 aliphatic heterocycles. The second kappa shape index (κ2) is 8.88. The molecule has 0 bridgehead atoms. The number of para-hydroxylation sites is 1. The van der Waals surface area contributed by atoms with Crippen molar-refractivity contribution in [3.8, 4) is 22.6 Å². The number of amides is 1. The zero-order valence-electron chi connectivity index (χ0n) is 17.7. The maximum absolute atomic E-state index is 13.1. The minimum absolute atomic E-state index is 0.368. The highest BCUT2D eigenvalue weighted by Gasteiger charge is 2.18. The molecule has 0 aliphatic rings. The number of rotatable bonds is 5. The molecule has 7 heteroatoms. The molecule has 0 saturated heterocycles. The summed E-state index contributed by atoms with van der Waals surface area (Å²) in [5.41, 5.74) is 2.65. The molecule has 3 aromatic carbocycles. The van der Waals surface area contributed by atoms with Gasteiger partial charge in [-0.3, -0.25) is 4.79 Å². The standard InChI is InChI=1S/C25H20BrNO5/c1-14-10-17(26)13-19(23(14)31-3)24(28)27-20-12-15(8-9-22(20)30-2)18-11-16-6-4-5-7-21(16)32-25(18)29/h4-13H,1-3H3,(H,27,28). The summed E-state index contributed by atoms with van der Waals surface area (Å²) in [4.78, 5) is 25.7. The number of ether oxygens (including phenoxy) is 2. The first kappa shape index (κ1) is 21.6. The Morgan fingerprint density at radius 1 is 1.00 bits per heavy atom. The Kier molecular flexibility index (Phi) is 6.01. The Morgan fingerprint density at radius 2 is 1.78 bits per heavy atom. The van der Waals surface area contributed by atoms with Crippen LogP contribution in [0.15, 0.2) is 74.3 Å². The Morgan fingerprint density at radius 3 is 2.53 bits per heavy atom. The van der Waals surface area contributed by atoms with E-state index in [-0.39, 0.29) is 5.91 Å². The van der Waals surface area contributed by atoms with Gasteiger partial charge in [0, 0.05) is 9.86 Å². The number of hydrogen-bond acceptors (Lipinski definition) is 5. The highest BCUT2D eigenvalue weighted by Crippen LogP contribution is 2.33. The van der Waals surface area contributed by atoms with Crippen LogP contribution in [0, 0.1) is 6.92 Å². The molecule has 6 nitrogen and oxygen atoms in total. The van der Waals surface area contributed by atoms with Gasteiger partial charge in [0.05, 0.1) is 31.0 Å². The van der Waals surface area contributed by atoms with E-state index in [1.807, 2.05) is 31.2 Å². The molecule has 0 unspecified atom stereocenters. The molecule has 0 aliphatic carbocycles. The minimum Gasteiger partial charge on any atom is -0.496 e. The number of hydrogen-bond donors (Lipinski definition) is 1. The van der Waals surface area contributed by atoms with E-state index in [1.54, 1.807) is 36.4 Å². The van der Waals surface area contributed by atoms with Crippen LogP contribution in [-0.2, 0) is 0 Å². The summed E-state index contributed by atoms with van der Waals surface area (Å²) in [7, 11) is 3.03. The van der Waals surface area contributed by atoms with Crippen molar-refractivity contribution < 1.29 is 18.7 Å². The molecule has 0 spiro atoms. The van der Waals surface area contributed by atoms with Gasteiger partial charge in [-0.05, 0) is 54.4 Å². The number of anilines is 1. The molecule has 4 rings (SSSR count). The Labute approximate surface area is 192 Å². The molecule has 0 fully saturated rings. The van der Waals surface area contributed by atoms with Crippen molar-refractivity contribution >= 4 is 38.5 Å². The van der Waals surface area contributed by atoms with Crippen LogP contribution in [0.25, 0.3) is 22.1 Å². The third kappa shape index (κ3) is 4.11. The largest absolute Gasteiger partial charge is 0.496 e. The van der Waals surface area contributed by atoms with Gasteiger partial charge in [0.15, 0.2) is 0 Å². The number of carbonyl (C=O) groups is 1. The van der Waals surface area contributed by atoms with Gasteiger partial charge in [0.1, 0.15) is 17.1 Å². The zero-order valence-corrected chi connectivity index (χ0v) is 19.3. The second-order valence-electron chi connectivity index (χ2n) is 7.16. The summed E-state index contributed by atoms with van der Waals surface area (Å²) >= 11 is 3.42. The van der Waals surface area contributed by atoms with Gasteiger partial charge in [-0.2, -0.15) is 0 Å². The van der Waals surface area contributed by atoms with Crippen molar-refractivity contribution in [3.05, 3.63) is 86.7 Å². The van der Waals surface area contributed by atoms with Gasteiger partial charge < -0.3 is 19.2 Å². The fourth-order valence-corrected chi connectivity index (χ4v) is 4.17. The van der Waals surface area contributed by atoms with Crippen LogP contribution in [0.1, 0.15) is 15.9 Å². The van der Waals surface area contributed by atoms with Crippen molar-refractivity contribution in [1.29, 1.82) is 0 Å². The molecule has 0 saturated carbocycles. The highest BCUT2D eigenvalue weighted by molar-refractivity contribution is 9.10. The lowest BCUT2D eigenvalue weighted by atomic mass is 10.0. The lowest BCUT2D eigenvalue weighted by Crippen LogP contribution is -2.15. The van der Waals surface area contributed by atoms with Gasteiger partial charge in [0.25, 0.3) is 5.91 Å². The van der Waals surface area contributed by atoms with Crippen LogP contribution >= 0.6 is 15.9 Å². The fraction of sp³-hybridized carbons (Fsp3) is 0.120. The van der Waals surface area contributed by atoms with Crippen molar-refractivity contribution in [2.45, 2.75) is 6.92 Å². The third-order valence-electron chi connectivity index (χ3n) is 5.09. The molecule has 0 atom stereocenters. The molecule has 32 heavy (non-hydrogen) atoms. The van der Waals surface area contributed by atoms with E-state index in [4.69, 9.17) is 13.9 Å². The van der Waals surface area contributed by atoms with E-state index in [1.165, 1.54) is 14.2 Å². The van der Waals surface area contributed by atoms with Crippen LogP contribution in [0.5, 0.6) is 11.5 Å². The summed E-state index contributed by atoms with van der Waals surface area (Å²) in [5.74, 6) is 0.571. The Balaban J connectivity index is 1.77. The lowest BCUT2D eigenvalue weighted by molar-refractivity contribution is 0.102. The minimum atomic E-state index is -0.463. The monoisotopic (exact) mass is 493 g/mol. The van der Waals surface area contributed by atoms with E-state index in [2.05, 4.69) is 21.2 Å². The zero-order chi connectivity index (χ0) is 22.8. The molecule has 1 N–H and O–H groups in total. The molecular formula is C25H20BrNO5. The number of benzene rings is 3. The van der Waals surface area contributed by atoms with Crippen molar-refractivity contribution in [1.82, 2.24) is 0 Å². The molecular weight excluding hydrogens is 474 g/mol. The van der Waals surface area contributed by atoms with Gasteiger partial charge >= 0.3 is 5.63 Å². The van der Waals surface area contributed by atoms with E-state index < -0.39 is 5.63 Å². The Hall–Kier alpha value is -3.58. The van der Waals surface area contributed by atoms with E-state index in [0.29, 0.717) is 39.5 Å². The van der Waals surface area contributed by atoms with Gasteiger partial charge in [-0.25, -0.2) is 4.79 Å². The normalized spacial score (nSPS) is 10.8.